The molecular formula is C16H15BrO3S. The number of hydrogen-bond acceptors (Lipinski definition) is 4. The van der Waals surface area contributed by atoms with Crippen molar-refractivity contribution in [2.45, 2.75) is 11.0 Å². The minimum atomic E-state index is -0.709. The van der Waals surface area contributed by atoms with Gasteiger partial charge in [0.25, 0.3) is 0 Å². The molecule has 0 saturated carbocycles. The van der Waals surface area contributed by atoms with Gasteiger partial charge in [0.1, 0.15) is 19.3 Å². The number of halogens is 1. The zero-order chi connectivity index (χ0) is 14.8. The van der Waals surface area contributed by atoms with Crippen LogP contribution in [0.2, 0.25) is 0 Å². The van der Waals surface area contributed by atoms with Crippen molar-refractivity contribution in [1.82, 2.24) is 0 Å². The van der Waals surface area contributed by atoms with Crippen LogP contribution < -0.4 is 9.47 Å². The standard InChI is InChI=1S/C16H15BrO3S/c1-21-15-5-3-2-4-10(15)16(18)11-8-13-14(9-12(11)17)20-7-6-19-13/h2-5,8-9,16,18H,6-7H2,1H3. The SMILES string of the molecule is CSc1ccccc1C(O)c1cc2c(cc1Br)OCCO2. The number of fused-ring (bicyclic) bond motifs is 1. The van der Waals surface area contributed by atoms with E-state index in [0.717, 1.165) is 20.5 Å². The number of benzene rings is 2. The van der Waals surface area contributed by atoms with E-state index in [1.807, 2.05) is 42.7 Å². The molecule has 3 rings (SSSR count). The monoisotopic (exact) mass is 366 g/mol. The van der Waals surface area contributed by atoms with Gasteiger partial charge in [-0.1, -0.05) is 34.1 Å². The first-order valence-corrected chi connectivity index (χ1v) is 8.62. The van der Waals surface area contributed by atoms with Crippen LogP contribution in [0.25, 0.3) is 0 Å². The number of hydrogen-bond donors (Lipinski definition) is 1. The van der Waals surface area contributed by atoms with Crippen LogP contribution in [-0.2, 0) is 0 Å². The molecule has 0 fully saturated rings. The summed E-state index contributed by atoms with van der Waals surface area (Å²) in [5.41, 5.74) is 1.67. The molecule has 1 N–H and O–H groups in total. The maximum absolute atomic E-state index is 10.7. The fraction of sp³-hybridized carbons (Fsp3) is 0.250. The molecule has 0 saturated heterocycles. The van der Waals surface area contributed by atoms with Gasteiger partial charge < -0.3 is 14.6 Å². The first-order chi connectivity index (χ1) is 10.2. The third-order valence-electron chi connectivity index (χ3n) is 3.39. The number of ether oxygens (including phenoxy) is 2. The fourth-order valence-electron chi connectivity index (χ4n) is 2.35. The summed E-state index contributed by atoms with van der Waals surface area (Å²) in [5.74, 6) is 1.39. The predicted molar refractivity (Wildman–Crippen MR) is 87.4 cm³/mol. The Hall–Kier alpha value is -1.17. The second-order valence-electron chi connectivity index (χ2n) is 4.66. The van der Waals surface area contributed by atoms with E-state index in [4.69, 9.17) is 9.47 Å². The molecule has 0 amide bonds. The van der Waals surface area contributed by atoms with Crippen molar-refractivity contribution in [3.63, 3.8) is 0 Å². The smallest absolute Gasteiger partial charge is 0.162 e. The van der Waals surface area contributed by atoms with Crippen LogP contribution in [0.3, 0.4) is 0 Å². The highest BCUT2D eigenvalue weighted by Crippen LogP contribution is 2.40. The number of rotatable bonds is 3. The third-order valence-corrected chi connectivity index (χ3v) is 4.89. The Bertz CT molecular complexity index is 660. The second-order valence-corrected chi connectivity index (χ2v) is 6.36. The van der Waals surface area contributed by atoms with Gasteiger partial charge in [-0.3, -0.25) is 0 Å². The van der Waals surface area contributed by atoms with Crippen molar-refractivity contribution in [2.24, 2.45) is 0 Å². The summed E-state index contributed by atoms with van der Waals surface area (Å²) in [7, 11) is 0. The highest BCUT2D eigenvalue weighted by molar-refractivity contribution is 9.10. The quantitative estimate of drug-likeness (QED) is 0.832. The highest BCUT2D eigenvalue weighted by Gasteiger charge is 2.21. The van der Waals surface area contributed by atoms with Crippen LogP contribution >= 0.6 is 27.7 Å². The summed E-state index contributed by atoms with van der Waals surface area (Å²) in [6, 6.07) is 11.6. The Balaban J connectivity index is 2.03. The van der Waals surface area contributed by atoms with E-state index in [9.17, 15) is 5.11 Å². The van der Waals surface area contributed by atoms with Crippen LogP contribution in [-0.4, -0.2) is 24.6 Å². The van der Waals surface area contributed by atoms with Gasteiger partial charge in [-0.15, -0.1) is 11.8 Å². The average molecular weight is 367 g/mol. The summed E-state index contributed by atoms with van der Waals surface area (Å²) < 4.78 is 12.0. The second kappa shape index (κ2) is 6.30. The van der Waals surface area contributed by atoms with Crippen molar-refractivity contribution in [3.8, 4) is 11.5 Å². The lowest BCUT2D eigenvalue weighted by Gasteiger charge is -2.22. The molecule has 0 bridgehead atoms. The van der Waals surface area contributed by atoms with Gasteiger partial charge in [0.2, 0.25) is 0 Å². The molecule has 1 atom stereocenters. The van der Waals surface area contributed by atoms with Crippen molar-refractivity contribution < 1.29 is 14.6 Å². The summed E-state index contributed by atoms with van der Waals surface area (Å²) in [5, 5.41) is 10.7. The maximum atomic E-state index is 10.7. The minimum absolute atomic E-state index is 0.533. The highest BCUT2D eigenvalue weighted by atomic mass is 79.9. The van der Waals surface area contributed by atoms with E-state index in [1.165, 1.54) is 0 Å². The van der Waals surface area contributed by atoms with Crippen LogP contribution in [0, 0.1) is 0 Å². The lowest BCUT2D eigenvalue weighted by atomic mass is 10.0. The molecule has 1 heterocycles. The zero-order valence-electron chi connectivity index (χ0n) is 11.5. The molecule has 0 spiro atoms. The Morgan fingerprint density at radius 3 is 2.48 bits per heavy atom. The molecule has 2 aromatic carbocycles. The summed E-state index contributed by atoms with van der Waals surface area (Å²) in [6.07, 6.45) is 1.29. The molecule has 5 heteroatoms. The van der Waals surface area contributed by atoms with Crippen molar-refractivity contribution in [2.75, 3.05) is 19.5 Å². The first kappa shape index (κ1) is 14.8. The van der Waals surface area contributed by atoms with E-state index in [1.54, 1.807) is 11.8 Å². The fourth-order valence-corrected chi connectivity index (χ4v) is 3.52. The Morgan fingerprint density at radius 2 is 1.76 bits per heavy atom. The third kappa shape index (κ3) is 2.91. The molecule has 1 aliphatic heterocycles. The zero-order valence-corrected chi connectivity index (χ0v) is 13.9. The van der Waals surface area contributed by atoms with Gasteiger partial charge >= 0.3 is 0 Å². The van der Waals surface area contributed by atoms with E-state index in [-0.39, 0.29) is 0 Å². The molecule has 0 aliphatic carbocycles. The van der Waals surface area contributed by atoms with E-state index in [2.05, 4.69) is 15.9 Å². The van der Waals surface area contributed by atoms with Gasteiger partial charge in [0.15, 0.2) is 11.5 Å². The van der Waals surface area contributed by atoms with Crippen molar-refractivity contribution in [1.29, 1.82) is 0 Å². The Morgan fingerprint density at radius 1 is 1.10 bits per heavy atom. The van der Waals surface area contributed by atoms with Gasteiger partial charge in [-0.2, -0.15) is 0 Å². The molecule has 1 unspecified atom stereocenters. The number of thioether (sulfide) groups is 1. The normalized spacial score (nSPS) is 14.8. The average Bonchev–Trinajstić information content (AvgIpc) is 2.53. The van der Waals surface area contributed by atoms with Crippen LogP contribution in [0.5, 0.6) is 11.5 Å². The molecule has 110 valence electrons. The first-order valence-electron chi connectivity index (χ1n) is 6.60. The predicted octanol–water partition coefficient (Wildman–Crippen LogP) is 4.02. The van der Waals surface area contributed by atoms with Crippen molar-refractivity contribution >= 4 is 27.7 Å². The topological polar surface area (TPSA) is 38.7 Å². The maximum Gasteiger partial charge on any atom is 0.162 e. The molecule has 3 nitrogen and oxygen atoms in total. The summed E-state index contributed by atoms with van der Waals surface area (Å²) in [6.45, 7) is 1.09. The van der Waals surface area contributed by atoms with Crippen LogP contribution in [0.15, 0.2) is 45.8 Å². The van der Waals surface area contributed by atoms with E-state index >= 15 is 0 Å². The molecule has 0 aromatic heterocycles. The molecule has 2 aromatic rings. The lowest BCUT2D eigenvalue weighted by Crippen LogP contribution is -2.16. The van der Waals surface area contributed by atoms with Crippen molar-refractivity contribution in [3.05, 3.63) is 52.0 Å². The van der Waals surface area contributed by atoms with Gasteiger partial charge in [0.05, 0.1) is 0 Å². The van der Waals surface area contributed by atoms with Gasteiger partial charge in [-0.25, -0.2) is 0 Å². The van der Waals surface area contributed by atoms with Crippen LogP contribution in [0.1, 0.15) is 17.2 Å². The molecule has 1 aliphatic rings. The molecule has 0 radical (unpaired) electrons. The summed E-state index contributed by atoms with van der Waals surface area (Å²) >= 11 is 5.14. The minimum Gasteiger partial charge on any atom is -0.486 e. The van der Waals surface area contributed by atoms with E-state index in [0.29, 0.717) is 24.7 Å². The number of aliphatic hydroxyl groups excluding tert-OH is 1. The van der Waals surface area contributed by atoms with Gasteiger partial charge in [-0.05, 0) is 30.0 Å². The molecular weight excluding hydrogens is 352 g/mol. The van der Waals surface area contributed by atoms with E-state index < -0.39 is 6.10 Å². The Labute approximate surface area is 136 Å². The molecule has 21 heavy (non-hydrogen) atoms. The lowest BCUT2D eigenvalue weighted by molar-refractivity contribution is 0.169. The largest absolute Gasteiger partial charge is 0.486 e. The van der Waals surface area contributed by atoms with Gasteiger partial charge in [0, 0.05) is 14.9 Å². The number of aliphatic hydroxyl groups is 1. The van der Waals surface area contributed by atoms with Crippen LogP contribution in [0.4, 0.5) is 0 Å². The Kier molecular flexibility index (Phi) is 4.42. The summed E-state index contributed by atoms with van der Waals surface area (Å²) in [4.78, 5) is 1.06.